The molecule has 9 heteroatoms. The topological polar surface area (TPSA) is 34.1 Å². The molecule has 0 radical (unpaired) electrons. The normalized spacial score (nSPS) is 14.6. The van der Waals surface area contributed by atoms with Crippen LogP contribution in [0.2, 0.25) is 0 Å². The molecule has 0 aliphatic heterocycles. The SMILES string of the molecule is O=S(=O)(C(F)(F)CF)C(F)(F)CF. The van der Waals surface area contributed by atoms with Crippen molar-refractivity contribution < 1.29 is 34.8 Å². The molecule has 80 valence electrons. The standard InChI is InChI=1S/C4H4F6O2S/c5-1-3(7,8)13(11,12)4(9,10)2-6/h1-2H2. The first-order valence-electron chi connectivity index (χ1n) is 2.74. The van der Waals surface area contributed by atoms with E-state index in [-0.39, 0.29) is 0 Å². The van der Waals surface area contributed by atoms with Crippen LogP contribution in [0.25, 0.3) is 0 Å². The second-order valence-corrected chi connectivity index (χ2v) is 4.25. The fourth-order valence-corrected chi connectivity index (χ4v) is 1.09. The first kappa shape index (κ1) is 12.5. The third kappa shape index (κ3) is 1.89. The van der Waals surface area contributed by atoms with Crippen LogP contribution in [0.5, 0.6) is 0 Å². The Morgan fingerprint density at radius 2 is 1.08 bits per heavy atom. The van der Waals surface area contributed by atoms with E-state index < -0.39 is 33.7 Å². The molecule has 0 bridgehead atoms. The zero-order chi connectivity index (χ0) is 10.9. The van der Waals surface area contributed by atoms with E-state index in [1.165, 1.54) is 0 Å². The summed E-state index contributed by atoms with van der Waals surface area (Å²) < 4.78 is 91.0. The van der Waals surface area contributed by atoms with Crippen LogP contribution in [-0.2, 0) is 9.84 Å². The maximum Gasteiger partial charge on any atom is 0.379 e. The van der Waals surface area contributed by atoms with Gasteiger partial charge in [-0.05, 0) is 0 Å². The van der Waals surface area contributed by atoms with Gasteiger partial charge in [-0.2, -0.15) is 17.6 Å². The average molecular weight is 230 g/mol. The first-order valence-corrected chi connectivity index (χ1v) is 4.22. The van der Waals surface area contributed by atoms with Gasteiger partial charge in [-0.25, -0.2) is 17.2 Å². The van der Waals surface area contributed by atoms with Gasteiger partial charge in [0.25, 0.3) is 9.84 Å². The van der Waals surface area contributed by atoms with Crippen molar-refractivity contribution in [1.82, 2.24) is 0 Å². The van der Waals surface area contributed by atoms with Crippen molar-refractivity contribution in [2.45, 2.75) is 10.5 Å². The van der Waals surface area contributed by atoms with Gasteiger partial charge in [0.05, 0.1) is 0 Å². The van der Waals surface area contributed by atoms with Gasteiger partial charge in [0, 0.05) is 0 Å². The fraction of sp³-hybridized carbons (Fsp3) is 1.00. The van der Waals surface area contributed by atoms with E-state index in [9.17, 15) is 34.8 Å². The molecule has 0 unspecified atom stereocenters. The molecule has 0 aliphatic carbocycles. The molecule has 0 N–H and O–H groups in total. The van der Waals surface area contributed by atoms with E-state index in [1.807, 2.05) is 0 Å². The second kappa shape index (κ2) is 3.35. The average Bonchev–Trinajstić information content (AvgIpc) is 2.03. The number of hydrogen-bond acceptors (Lipinski definition) is 2. The zero-order valence-electron chi connectivity index (χ0n) is 5.91. The number of hydrogen-bond donors (Lipinski definition) is 0. The third-order valence-corrected chi connectivity index (χ3v) is 2.89. The fourth-order valence-electron chi connectivity index (χ4n) is 0.362. The van der Waals surface area contributed by atoms with Crippen LogP contribution in [0, 0.1) is 0 Å². The lowest BCUT2D eigenvalue weighted by atomic mass is 10.8. The Labute approximate surface area is 69.5 Å². The van der Waals surface area contributed by atoms with Crippen LogP contribution in [0.15, 0.2) is 0 Å². The molecule has 0 aromatic rings. The summed E-state index contributed by atoms with van der Waals surface area (Å²) in [6, 6.07) is 0. The van der Waals surface area contributed by atoms with Crippen LogP contribution < -0.4 is 0 Å². The molecule has 0 aliphatic rings. The van der Waals surface area contributed by atoms with Gasteiger partial charge >= 0.3 is 10.5 Å². The van der Waals surface area contributed by atoms with Crippen molar-refractivity contribution in [2.75, 3.05) is 13.3 Å². The number of alkyl halides is 6. The van der Waals surface area contributed by atoms with Crippen molar-refractivity contribution >= 4 is 9.84 Å². The van der Waals surface area contributed by atoms with E-state index in [2.05, 4.69) is 0 Å². The molecular formula is C4H4F6O2S. The Morgan fingerprint density at radius 3 is 1.23 bits per heavy atom. The second-order valence-electron chi connectivity index (χ2n) is 2.05. The van der Waals surface area contributed by atoms with Crippen LogP contribution in [0.3, 0.4) is 0 Å². The summed E-state index contributed by atoms with van der Waals surface area (Å²) >= 11 is 0. The van der Waals surface area contributed by atoms with Gasteiger partial charge in [0.1, 0.15) is 0 Å². The Kier molecular flexibility index (Phi) is 3.23. The van der Waals surface area contributed by atoms with Gasteiger partial charge in [-0.1, -0.05) is 0 Å². The van der Waals surface area contributed by atoms with Gasteiger partial charge < -0.3 is 0 Å². The predicted molar refractivity (Wildman–Crippen MR) is 30.8 cm³/mol. The highest BCUT2D eigenvalue weighted by molar-refractivity contribution is 7.93. The van der Waals surface area contributed by atoms with Crippen LogP contribution in [-0.4, -0.2) is 32.3 Å². The van der Waals surface area contributed by atoms with E-state index in [0.29, 0.717) is 0 Å². The summed E-state index contributed by atoms with van der Waals surface area (Å²) in [4.78, 5) is 0. The summed E-state index contributed by atoms with van der Waals surface area (Å²) in [6.45, 7) is -5.63. The summed E-state index contributed by atoms with van der Waals surface area (Å²) in [5, 5.41) is -10.5. The number of rotatable bonds is 4. The summed E-state index contributed by atoms with van der Waals surface area (Å²) in [5.74, 6) is 0. The van der Waals surface area contributed by atoms with Crippen LogP contribution in [0.1, 0.15) is 0 Å². The Balaban J connectivity index is 5.23. The molecular weight excluding hydrogens is 226 g/mol. The highest BCUT2D eigenvalue weighted by atomic mass is 32.2. The van der Waals surface area contributed by atoms with Crippen molar-refractivity contribution in [3.05, 3.63) is 0 Å². The van der Waals surface area contributed by atoms with E-state index in [0.717, 1.165) is 0 Å². The summed E-state index contributed by atoms with van der Waals surface area (Å²) in [7, 11) is -6.45. The lowest BCUT2D eigenvalue weighted by molar-refractivity contribution is 0.0180. The molecule has 0 atom stereocenters. The largest absolute Gasteiger partial charge is 0.379 e. The molecule has 0 saturated carbocycles. The Bertz CT molecular complexity index is 248. The summed E-state index contributed by atoms with van der Waals surface area (Å²) in [6.07, 6.45) is 0. The van der Waals surface area contributed by atoms with E-state index >= 15 is 0 Å². The lowest BCUT2D eigenvalue weighted by Crippen LogP contribution is -2.44. The van der Waals surface area contributed by atoms with Gasteiger partial charge in [0.2, 0.25) is 0 Å². The predicted octanol–water partition coefficient (Wildman–Crippen LogP) is 1.53. The smallest absolute Gasteiger partial charge is 0.243 e. The van der Waals surface area contributed by atoms with E-state index in [4.69, 9.17) is 0 Å². The maximum absolute atomic E-state index is 12.0. The van der Waals surface area contributed by atoms with Crippen LogP contribution in [0.4, 0.5) is 26.3 Å². The first-order chi connectivity index (χ1) is 5.62. The van der Waals surface area contributed by atoms with Crippen molar-refractivity contribution in [3.8, 4) is 0 Å². The molecule has 0 amide bonds. The highest BCUT2D eigenvalue weighted by Crippen LogP contribution is 2.35. The van der Waals surface area contributed by atoms with Crippen molar-refractivity contribution in [3.63, 3.8) is 0 Å². The molecule has 0 saturated heterocycles. The van der Waals surface area contributed by atoms with E-state index in [1.54, 1.807) is 0 Å². The highest BCUT2D eigenvalue weighted by Gasteiger charge is 2.61. The molecule has 0 heterocycles. The minimum Gasteiger partial charge on any atom is -0.243 e. The molecule has 0 fully saturated rings. The Morgan fingerprint density at radius 1 is 0.846 bits per heavy atom. The molecule has 0 aromatic carbocycles. The molecule has 0 rings (SSSR count). The quantitative estimate of drug-likeness (QED) is 0.686. The number of sulfone groups is 1. The lowest BCUT2D eigenvalue weighted by Gasteiger charge is -2.18. The molecule has 2 nitrogen and oxygen atoms in total. The van der Waals surface area contributed by atoms with Crippen LogP contribution >= 0.6 is 0 Å². The minimum atomic E-state index is -6.45. The minimum absolute atomic E-state index is 2.81. The number of halogens is 6. The van der Waals surface area contributed by atoms with Crippen molar-refractivity contribution in [2.24, 2.45) is 0 Å². The molecule has 13 heavy (non-hydrogen) atoms. The Hall–Kier alpha value is -0.470. The van der Waals surface area contributed by atoms with Gasteiger partial charge in [0.15, 0.2) is 13.3 Å². The molecule has 0 aromatic heterocycles. The maximum atomic E-state index is 12.0. The van der Waals surface area contributed by atoms with Gasteiger partial charge in [-0.3, -0.25) is 0 Å². The molecule has 0 spiro atoms. The third-order valence-electron chi connectivity index (χ3n) is 1.10. The van der Waals surface area contributed by atoms with Gasteiger partial charge in [-0.15, -0.1) is 0 Å². The summed E-state index contributed by atoms with van der Waals surface area (Å²) in [5.41, 5.74) is 0. The monoisotopic (exact) mass is 230 g/mol. The zero-order valence-corrected chi connectivity index (χ0v) is 6.72. The van der Waals surface area contributed by atoms with Crippen molar-refractivity contribution in [1.29, 1.82) is 0 Å².